The molecule has 1 aliphatic carbocycles. The molecule has 1 aliphatic rings. The van der Waals surface area contributed by atoms with Gasteiger partial charge in [-0.05, 0) is 24.5 Å². The monoisotopic (exact) mass is 277 g/mol. The molecule has 0 bridgehead atoms. The fourth-order valence-corrected chi connectivity index (χ4v) is 4.07. The molecular formula is C16H23NOS. The number of allylic oxidation sites excluding steroid dienone is 1. The van der Waals surface area contributed by atoms with Crippen LogP contribution >= 0.6 is 0 Å². The first-order chi connectivity index (χ1) is 9.24. The molecule has 0 amide bonds. The Morgan fingerprint density at radius 1 is 1.21 bits per heavy atom. The minimum Gasteiger partial charge on any atom is -0.240 e. The van der Waals surface area contributed by atoms with Crippen LogP contribution in [0.1, 0.15) is 38.5 Å². The lowest BCUT2D eigenvalue weighted by Crippen LogP contribution is -2.05. The van der Waals surface area contributed by atoms with Gasteiger partial charge < -0.3 is 0 Å². The van der Waals surface area contributed by atoms with Crippen LogP contribution in [0.4, 0.5) is 0 Å². The summed E-state index contributed by atoms with van der Waals surface area (Å²) in [5.41, 5.74) is 0. The van der Waals surface area contributed by atoms with Gasteiger partial charge in [-0.3, -0.25) is 0 Å². The number of benzene rings is 1. The third-order valence-corrected chi connectivity index (χ3v) is 5.88. The lowest BCUT2D eigenvalue weighted by molar-refractivity contribution is 0.361. The van der Waals surface area contributed by atoms with Gasteiger partial charge in [0.05, 0.1) is 14.6 Å². The molecule has 104 valence electrons. The molecule has 1 fully saturated rings. The van der Waals surface area contributed by atoms with E-state index in [0.29, 0.717) is 0 Å². The molecule has 2 rings (SSSR count). The standard InChI is InChI=1S/C16H23NOS/c1-17-19(18,16-12-6-3-7-13-16)14-8-11-15-9-4-2-5-10-15/h3,6-8,12-15H,2,4-5,9-11H2,1H3/b14-8-. The van der Waals surface area contributed by atoms with E-state index in [1.54, 1.807) is 7.05 Å². The van der Waals surface area contributed by atoms with E-state index in [1.807, 2.05) is 35.7 Å². The summed E-state index contributed by atoms with van der Waals surface area (Å²) in [6.45, 7) is 0. The van der Waals surface area contributed by atoms with Crippen LogP contribution < -0.4 is 0 Å². The molecule has 0 heterocycles. The molecule has 1 unspecified atom stereocenters. The Kier molecular flexibility index (Phi) is 5.20. The summed E-state index contributed by atoms with van der Waals surface area (Å²) in [4.78, 5) is 0.803. The zero-order chi connectivity index (χ0) is 13.6. The molecule has 0 aromatic heterocycles. The third-order valence-electron chi connectivity index (χ3n) is 3.83. The second-order valence-corrected chi connectivity index (χ2v) is 7.42. The van der Waals surface area contributed by atoms with Crippen LogP contribution in [0, 0.1) is 5.92 Å². The second kappa shape index (κ2) is 6.90. The van der Waals surface area contributed by atoms with Gasteiger partial charge in [0.2, 0.25) is 0 Å². The number of nitrogens with zero attached hydrogens (tertiary/aromatic N) is 1. The number of hydrogen-bond acceptors (Lipinski definition) is 2. The smallest absolute Gasteiger partial charge is 0.0963 e. The molecule has 1 saturated carbocycles. The molecule has 3 heteroatoms. The van der Waals surface area contributed by atoms with Gasteiger partial charge in [-0.25, -0.2) is 8.57 Å². The van der Waals surface area contributed by atoms with Crippen LogP contribution in [0.5, 0.6) is 0 Å². The summed E-state index contributed by atoms with van der Waals surface area (Å²) >= 11 is 0. The van der Waals surface area contributed by atoms with E-state index in [4.69, 9.17) is 0 Å². The fraction of sp³-hybridized carbons (Fsp3) is 0.500. The highest BCUT2D eigenvalue weighted by molar-refractivity contribution is 7.96. The normalized spacial score (nSPS) is 20.3. The first-order valence-electron chi connectivity index (χ1n) is 7.11. The minimum absolute atomic E-state index is 0.779. The van der Waals surface area contributed by atoms with Gasteiger partial charge in [-0.15, -0.1) is 0 Å². The zero-order valence-corrected chi connectivity index (χ0v) is 12.4. The van der Waals surface area contributed by atoms with Gasteiger partial charge in [-0.1, -0.05) is 56.4 Å². The zero-order valence-electron chi connectivity index (χ0n) is 11.6. The van der Waals surface area contributed by atoms with Crippen molar-refractivity contribution in [3.8, 4) is 0 Å². The van der Waals surface area contributed by atoms with Gasteiger partial charge in [-0.2, -0.15) is 0 Å². The van der Waals surface area contributed by atoms with Crippen molar-refractivity contribution in [2.45, 2.75) is 43.4 Å². The van der Waals surface area contributed by atoms with Gasteiger partial charge in [0.1, 0.15) is 0 Å². The molecule has 0 N–H and O–H groups in total. The first-order valence-corrected chi connectivity index (χ1v) is 8.69. The van der Waals surface area contributed by atoms with Gasteiger partial charge in [0, 0.05) is 12.5 Å². The van der Waals surface area contributed by atoms with Crippen LogP contribution in [0.2, 0.25) is 0 Å². The number of rotatable bonds is 4. The molecule has 0 radical (unpaired) electrons. The van der Waals surface area contributed by atoms with Crippen molar-refractivity contribution >= 4 is 9.73 Å². The lowest BCUT2D eigenvalue weighted by Gasteiger charge is -2.19. The Labute approximate surface area is 117 Å². The van der Waals surface area contributed by atoms with Gasteiger partial charge in [0.25, 0.3) is 0 Å². The highest BCUT2D eigenvalue weighted by atomic mass is 32.2. The van der Waals surface area contributed by atoms with E-state index in [-0.39, 0.29) is 0 Å². The quantitative estimate of drug-likeness (QED) is 0.789. The minimum atomic E-state index is -2.36. The maximum atomic E-state index is 12.7. The lowest BCUT2D eigenvalue weighted by atomic mass is 9.87. The maximum absolute atomic E-state index is 12.7. The van der Waals surface area contributed by atoms with Crippen LogP contribution in [-0.4, -0.2) is 11.3 Å². The second-order valence-electron chi connectivity index (χ2n) is 5.18. The van der Waals surface area contributed by atoms with E-state index in [1.165, 1.54) is 32.1 Å². The van der Waals surface area contributed by atoms with Crippen LogP contribution in [0.15, 0.2) is 51.1 Å². The Bertz CT molecular complexity index is 521. The molecule has 2 nitrogen and oxygen atoms in total. The summed E-state index contributed by atoms with van der Waals surface area (Å²) < 4.78 is 16.9. The Morgan fingerprint density at radius 2 is 1.89 bits per heavy atom. The first kappa shape index (κ1) is 14.3. The summed E-state index contributed by atoms with van der Waals surface area (Å²) in [5.74, 6) is 0.779. The van der Waals surface area contributed by atoms with Crippen molar-refractivity contribution in [2.75, 3.05) is 7.05 Å². The molecular weight excluding hydrogens is 254 g/mol. The summed E-state index contributed by atoms with van der Waals surface area (Å²) in [7, 11) is -0.723. The van der Waals surface area contributed by atoms with Crippen LogP contribution in [-0.2, 0) is 9.73 Å². The predicted molar refractivity (Wildman–Crippen MR) is 81.5 cm³/mol. The predicted octanol–water partition coefficient (Wildman–Crippen LogP) is 4.63. The Hall–Kier alpha value is -1.09. The number of hydrogen-bond donors (Lipinski definition) is 0. The van der Waals surface area contributed by atoms with Gasteiger partial charge >= 0.3 is 0 Å². The van der Waals surface area contributed by atoms with E-state index in [9.17, 15) is 4.21 Å². The Balaban J connectivity index is 2.05. The maximum Gasteiger partial charge on any atom is 0.0963 e. The highest BCUT2D eigenvalue weighted by Crippen LogP contribution is 2.27. The summed E-state index contributed by atoms with van der Waals surface area (Å²) in [5, 5.41) is 1.82. The summed E-state index contributed by atoms with van der Waals surface area (Å²) in [6, 6.07) is 9.54. The summed E-state index contributed by atoms with van der Waals surface area (Å²) in [6.07, 6.45) is 9.85. The van der Waals surface area contributed by atoms with E-state index in [2.05, 4.69) is 10.4 Å². The van der Waals surface area contributed by atoms with Crippen molar-refractivity contribution in [3.63, 3.8) is 0 Å². The molecule has 0 spiro atoms. The largest absolute Gasteiger partial charge is 0.240 e. The van der Waals surface area contributed by atoms with Crippen molar-refractivity contribution in [1.82, 2.24) is 0 Å². The van der Waals surface area contributed by atoms with E-state index < -0.39 is 9.73 Å². The van der Waals surface area contributed by atoms with Crippen molar-refractivity contribution < 1.29 is 4.21 Å². The molecule has 19 heavy (non-hydrogen) atoms. The molecule has 0 saturated heterocycles. The molecule has 0 aliphatic heterocycles. The molecule has 1 aromatic rings. The average molecular weight is 277 g/mol. The van der Waals surface area contributed by atoms with E-state index in [0.717, 1.165) is 17.2 Å². The van der Waals surface area contributed by atoms with Gasteiger partial charge in [0.15, 0.2) is 0 Å². The van der Waals surface area contributed by atoms with Crippen molar-refractivity contribution in [2.24, 2.45) is 10.3 Å². The van der Waals surface area contributed by atoms with Crippen LogP contribution in [0.3, 0.4) is 0 Å². The van der Waals surface area contributed by atoms with Crippen molar-refractivity contribution in [1.29, 1.82) is 0 Å². The third kappa shape index (κ3) is 3.93. The van der Waals surface area contributed by atoms with Crippen molar-refractivity contribution in [3.05, 3.63) is 41.8 Å². The molecule has 1 atom stereocenters. The topological polar surface area (TPSA) is 29.4 Å². The SMILES string of the molecule is CN=S(=O)(/C=C\CC1CCCCC1)c1ccccc1. The Morgan fingerprint density at radius 3 is 2.53 bits per heavy atom. The highest BCUT2D eigenvalue weighted by Gasteiger charge is 2.12. The molecule has 1 aromatic carbocycles. The van der Waals surface area contributed by atoms with E-state index >= 15 is 0 Å². The average Bonchev–Trinajstić information content (AvgIpc) is 2.49. The van der Waals surface area contributed by atoms with Crippen LogP contribution in [0.25, 0.3) is 0 Å². The fourth-order valence-electron chi connectivity index (χ4n) is 2.66.